The highest BCUT2D eigenvalue weighted by Crippen LogP contribution is 2.27. The van der Waals surface area contributed by atoms with Crippen LogP contribution in [0.2, 0.25) is 5.02 Å². The van der Waals surface area contributed by atoms with Crippen LogP contribution in [0, 0.1) is 0 Å². The van der Waals surface area contributed by atoms with Crippen molar-refractivity contribution in [1.82, 2.24) is 14.8 Å². The molecule has 2 rings (SSSR count). The molecule has 2 N–H and O–H groups in total. The van der Waals surface area contributed by atoms with Crippen LogP contribution in [0.3, 0.4) is 0 Å². The lowest BCUT2D eigenvalue weighted by atomic mass is 10.2. The molecular formula is C9H11ClN4S. The van der Waals surface area contributed by atoms with Crippen LogP contribution in [0.1, 0.15) is 23.5 Å². The number of rotatable bonds is 3. The summed E-state index contributed by atoms with van der Waals surface area (Å²) in [5.74, 6) is 0. The maximum absolute atomic E-state index is 6.11. The topological polar surface area (TPSA) is 56.7 Å². The Kier molecular flexibility index (Phi) is 3.04. The molecule has 0 aliphatic rings. The number of aryl methyl sites for hydroxylation is 1. The predicted molar refractivity (Wildman–Crippen MR) is 61.1 cm³/mol. The van der Waals surface area contributed by atoms with Crippen LogP contribution >= 0.6 is 22.9 Å². The molecule has 0 saturated heterocycles. The number of nitrogens with two attached hydrogens (primary N) is 1. The van der Waals surface area contributed by atoms with Crippen molar-refractivity contribution in [2.24, 2.45) is 5.73 Å². The van der Waals surface area contributed by atoms with Crippen molar-refractivity contribution in [2.45, 2.75) is 19.5 Å². The standard InChI is InChI=1S/C9H11ClN4S/c1-2-14-9(6(10)3-13-14)8(11)7-4-12-5-15-7/h3-5,8H,2,11H2,1H3. The van der Waals surface area contributed by atoms with E-state index in [-0.39, 0.29) is 6.04 Å². The van der Waals surface area contributed by atoms with Gasteiger partial charge in [-0.15, -0.1) is 11.3 Å². The molecule has 0 aliphatic heterocycles. The molecular weight excluding hydrogens is 232 g/mol. The Morgan fingerprint density at radius 3 is 3.00 bits per heavy atom. The fourth-order valence-electron chi connectivity index (χ4n) is 1.45. The number of hydrogen-bond acceptors (Lipinski definition) is 4. The zero-order chi connectivity index (χ0) is 10.8. The third kappa shape index (κ3) is 1.90. The van der Waals surface area contributed by atoms with Crippen molar-refractivity contribution in [3.8, 4) is 0 Å². The quantitative estimate of drug-likeness (QED) is 0.897. The molecule has 1 atom stereocenters. The highest BCUT2D eigenvalue weighted by molar-refractivity contribution is 7.09. The van der Waals surface area contributed by atoms with Gasteiger partial charge in [0.25, 0.3) is 0 Å². The molecule has 2 aromatic heterocycles. The minimum absolute atomic E-state index is 0.243. The van der Waals surface area contributed by atoms with Crippen LogP contribution in [0.25, 0.3) is 0 Å². The lowest BCUT2D eigenvalue weighted by Gasteiger charge is -2.11. The molecule has 2 heterocycles. The number of thiazole rings is 1. The average Bonchev–Trinajstić information content (AvgIpc) is 2.85. The van der Waals surface area contributed by atoms with E-state index in [0.29, 0.717) is 5.02 Å². The van der Waals surface area contributed by atoms with Gasteiger partial charge in [0.15, 0.2) is 0 Å². The molecule has 15 heavy (non-hydrogen) atoms. The molecule has 1 unspecified atom stereocenters. The zero-order valence-corrected chi connectivity index (χ0v) is 9.79. The maximum Gasteiger partial charge on any atom is 0.0848 e. The number of hydrogen-bond donors (Lipinski definition) is 1. The second kappa shape index (κ2) is 4.30. The molecule has 0 saturated carbocycles. The molecule has 0 amide bonds. The third-order valence-corrected chi connectivity index (χ3v) is 3.34. The van der Waals surface area contributed by atoms with Gasteiger partial charge in [0.2, 0.25) is 0 Å². The van der Waals surface area contributed by atoms with Crippen LogP contribution in [0.5, 0.6) is 0 Å². The maximum atomic E-state index is 6.11. The van der Waals surface area contributed by atoms with Crippen LogP contribution < -0.4 is 5.73 Å². The summed E-state index contributed by atoms with van der Waals surface area (Å²) in [6, 6.07) is -0.243. The van der Waals surface area contributed by atoms with Crippen molar-refractivity contribution >= 4 is 22.9 Å². The molecule has 80 valence electrons. The summed E-state index contributed by atoms with van der Waals surface area (Å²) in [5.41, 5.74) is 8.72. The van der Waals surface area contributed by atoms with E-state index in [1.54, 1.807) is 17.9 Å². The van der Waals surface area contributed by atoms with Crippen LogP contribution in [0.4, 0.5) is 0 Å². The molecule has 0 spiro atoms. The first-order valence-electron chi connectivity index (χ1n) is 4.59. The van der Waals surface area contributed by atoms with E-state index in [1.807, 2.05) is 11.6 Å². The van der Waals surface area contributed by atoms with Crippen molar-refractivity contribution < 1.29 is 0 Å². The van der Waals surface area contributed by atoms with Gasteiger partial charge >= 0.3 is 0 Å². The SMILES string of the molecule is CCn1ncc(Cl)c1C(N)c1cncs1. The predicted octanol–water partition coefficient (Wildman–Crippen LogP) is 2.06. The molecule has 6 heteroatoms. The molecule has 0 radical (unpaired) electrons. The Bertz CT molecular complexity index is 437. The Hall–Kier alpha value is -0.910. The van der Waals surface area contributed by atoms with Gasteiger partial charge < -0.3 is 5.73 Å². The second-order valence-corrected chi connectivity index (χ2v) is 4.40. The largest absolute Gasteiger partial charge is 0.318 e. The Balaban J connectivity index is 2.40. The lowest BCUT2D eigenvalue weighted by Crippen LogP contribution is -2.16. The fraction of sp³-hybridized carbons (Fsp3) is 0.333. The minimum atomic E-state index is -0.243. The summed E-state index contributed by atoms with van der Waals surface area (Å²) >= 11 is 7.58. The Labute approximate surface area is 96.7 Å². The molecule has 0 aromatic carbocycles. The first kappa shape index (κ1) is 10.6. The van der Waals surface area contributed by atoms with Gasteiger partial charge in [-0.1, -0.05) is 11.6 Å². The number of aromatic nitrogens is 3. The first-order valence-corrected chi connectivity index (χ1v) is 5.85. The van der Waals surface area contributed by atoms with E-state index >= 15 is 0 Å². The molecule has 4 nitrogen and oxygen atoms in total. The van der Waals surface area contributed by atoms with Crippen molar-refractivity contribution in [1.29, 1.82) is 0 Å². The summed E-state index contributed by atoms with van der Waals surface area (Å²) in [7, 11) is 0. The summed E-state index contributed by atoms with van der Waals surface area (Å²) in [6.07, 6.45) is 3.39. The highest BCUT2D eigenvalue weighted by atomic mass is 35.5. The lowest BCUT2D eigenvalue weighted by molar-refractivity contribution is 0.603. The van der Waals surface area contributed by atoms with Gasteiger partial charge in [-0.05, 0) is 6.92 Å². The number of nitrogens with zero attached hydrogens (tertiary/aromatic N) is 3. The average molecular weight is 243 g/mol. The van der Waals surface area contributed by atoms with Gasteiger partial charge in [0.05, 0.1) is 28.5 Å². The second-order valence-electron chi connectivity index (χ2n) is 3.07. The monoisotopic (exact) mass is 242 g/mol. The Morgan fingerprint density at radius 1 is 1.60 bits per heavy atom. The summed E-state index contributed by atoms with van der Waals surface area (Å²) in [6.45, 7) is 2.76. The zero-order valence-electron chi connectivity index (χ0n) is 8.22. The summed E-state index contributed by atoms with van der Waals surface area (Å²) < 4.78 is 1.81. The normalized spacial score (nSPS) is 13.0. The smallest absolute Gasteiger partial charge is 0.0848 e. The van der Waals surface area contributed by atoms with Gasteiger partial charge in [-0.25, -0.2) is 0 Å². The van der Waals surface area contributed by atoms with E-state index in [9.17, 15) is 0 Å². The van der Waals surface area contributed by atoms with Gasteiger partial charge in [-0.2, -0.15) is 5.10 Å². The minimum Gasteiger partial charge on any atom is -0.318 e. The first-order chi connectivity index (χ1) is 7.24. The van der Waals surface area contributed by atoms with E-state index in [4.69, 9.17) is 17.3 Å². The fourth-order valence-corrected chi connectivity index (χ4v) is 2.33. The highest BCUT2D eigenvalue weighted by Gasteiger charge is 2.18. The third-order valence-electron chi connectivity index (χ3n) is 2.19. The van der Waals surface area contributed by atoms with Gasteiger partial charge in [-0.3, -0.25) is 9.67 Å². The molecule has 0 bridgehead atoms. The molecule has 0 fully saturated rings. The van der Waals surface area contributed by atoms with Crippen LogP contribution in [0.15, 0.2) is 17.9 Å². The number of halogens is 1. The summed E-state index contributed by atoms with van der Waals surface area (Å²) in [5, 5.41) is 4.76. The van der Waals surface area contributed by atoms with Crippen molar-refractivity contribution in [3.63, 3.8) is 0 Å². The Morgan fingerprint density at radius 2 is 2.40 bits per heavy atom. The van der Waals surface area contributed by atoms with Crippen molar-refractivity contribution in [3.05, 3.63) is 33.5 Å². The van der Waals surface area contributed by atoms with Crippen LogP contribution in [-0.4, -0.2) is 14.8 Å². The van der Waals surface area contributed by atoms with Gasteiger partial charge in [0.1, 0.15) is 0 Å². The van der Waals surface area contributed by atoms with E-state index in [1.165, 1.54) is 11.3 Å². The van der Waals surface area contributed by atoms with E-state index in [2.05, 4.69) is 10.1 Å². The van der Waals surface area contributed by atoms with Crippen LogP contribution in [-0.2, 0) is 6.54 Å². The van der Waals surface area contributed by atoms with E-state index < -0.39 is 0 Å². The van der Waals surface area contributed by atoms with E-state index in [0.717, 1.165) is 17.1 Å². The van der Waals surface area contributed by atoms with Crippen molar-refractivity contribution in [2.75, 3.05) is 0 Å². The molecule has 2 aromatic rings. The summed E-state index contributed by atoms with van der Waals surface area (Å²) in [4.78, 5) is 5.00. The van der Waals surface area contributed by atoms with Gasteiger partial charge in [0, 0.05) is 17.6 Å². The molecule has 0 aliphatic carbocycles.